The van der Waals surface area contributed by atoms with Gasteiger partial charge >= 0.3 is 6.36 Å². The van der Waals surface area contributed by atoms with E-state index in [2.05, 4.69) is 4.74 Å². The third-order valence-electron chi connectivity index (χ3n) is 3.65. The number of Topliss-reactive ketones (excluding diaryl/α,β-unsaturated/α-hetero) is 1. The zero-order valence-electron chi connectivity index (χ0n) is 10.8. The van der Waals surface area contributed by atoms with Crippen molar-refractivity contribution in [2.45, 2.75) is 25.6 Å². The number of carbonyl (C=O) groups is 1. The fraction of sp³-hybridized carbons (Fsp3) is 0.500. The maximum absolute atomic E-state index is 12.3. The van der Waals surface area contributed by atoms with Crippen molar-refractivity contribution in [3.05, 3.63) is 29.8 Å². The highest BCUT2D eigenvalue weighted by atomic mass is 19.4. The molecule has 6 heteroatoms. The Balaban J connectivity index is 2.16. The average molecular weight is 287 g/mol. The summed E-state index contributed by atoms with van der Waals surface area (Å²) in [7, 11) is 0. The molecular weight excluding hydrogens is 271 g/mol. The molecule has 1 saturated carbocycles. The van der Waals surface area contributed by atoms with Crippen LogP contribution in [0.2, 0.25) is 0 Å². The Morgan fingerprint density at radius 3 is 2.75 bits per heavy atom. The molecule has 20 heavy (non-hydrogen) atoms. The van der Waals surface area contributed by atoms with Gasteiger partial charge in [-0.25, -0.2) is 0 Å². The summed E-state index contributed by atoms with van der Waals surface area (Å²) in [5.74, 6) is -0.591. The van der Waals surface area contributed by atoms with Crippen LogP contribution in [0.3, 0.4) is 0 Å². The van der Waals surface area contributed by atoms with Crippen molar-refractivity contribution in [3.8, 4) is 5.75 Å². The molecule has 2 rings (SSSR count). The van der Waals surface area contributed by atoms with Crippen LogP contribution in [-0.2, 0) is 0 Å². The second kappa shape index (κ2) is 5.83. The van der Waals surface area contributed by atoms with Crippen molar-refractivity contribution in [2.75, 3.05) is 6.54 Å². The maximum atomic E-state index is 12.3. The summed E-state index contributed by atoms with van der Waals surface area (Å²) in [4.78, 5) is 12.3. The summed E-state index contributed by atoms with van der Waals surface area (Å²) >= 11 is 0. The van der Waals surface area contributed by atoms with Crippen LogP contribution in [0.4, 0.5) is 13.2 Å². The molecule has 3 nitrogen and oxygen atoms in total. The molecule has 0 amide bonds. The van der Waals surface area contributed by atoms with E-state index >= 15 is 0 Å². The van der Waals surface area contributed by atoms with Crippen molar-refractivity contribution in [1.82, 2.24) is 0 Å². The molecule has 1 aromatic rings. The van der Waals surface area contributed by atoms with E-state index in [1.165, 1.54) is 18.2 Å². The molecule has 2 unspecified atom stereocenters. The number of ketones is 1. The van der Waals surface area contributed by atoms with Gasteiger partial charge in [0.1, 0.15) is 5.75 Å². The quantitative estimate of drug-likeness (QED) is 0.865. The lowest BCUT2D eigenvalue weighted by atomic mass is 9.88. The number of hydrogen-bond donors (Lipinski definition) is 1. The number of halogens is 3. The molecule has 2 N–H and O–H groups in total. The van der Waals surface area contributed by atoms with Gasteiger partial charge in [-0.15, -0.1) is 13.2 Å². The van der Waals surface area contributed by atoms with Crippen molar-refractivity contribution in [2.24, 2.45) is 17.6 Å². The maximum Gasteiger partial charge on any atom is 0.573 e. The summed E-state index contributed by atoms with van der Waals surface area (Å²) in [5.41, 5.74) is 5.87. The molecule has 0 spiro atoms. The first-order valence-corrected chi connectivity index (χ1v) is 6.51. The molecule has 110 valence electrons. The lowest BCUT2D eigenvalue weighted by Gasteiger charge is -2.17. The number of hydrogen-bond acceptors (Lipinski definition) is 3. The van der Waals surface area contributed by atoms with E-state index in [9.17, 15) is 18.0 Å². The second-order valence-corrected chi connectivity index (χ2v) is 4.97. The van der Waals surface area contributed by atoms with E-state index in [1.54, 1.807) is 0 Å². The van der Waals surface area contributed by atoms with E-state index in [0.29, 0.717) is 6.54 Å². The average Bonchev–Trinajstić information content (AvgIpc) is 2.84. The lowest BCUT2D eigenvalue weighted by Crippen LogP contribution is -2.25. The van der Waals surface area contributed by atoms with Crippen molar-refractivity contribution in [1.29, 1.82) is 0 Å². The highest BCUT2D eigenvalue weighted by Gasteiger charge is 2.34. The Labute approximate surface area is 114 Å². The molecule has 0 heterocycles. The van der Waals surface area contributed by atoms with Crippen LogP contribution in [-0.4, -0.2) is 18.7 Å². The van der Waals surface area contributed by atoms with E-state index < -0.39 is 6.36 Å². The second-order valence-electron chi connectivity index (χ2n) is 4.97. The summed E-state index contributed by atoms with van der Waals surface area (Å²) in [6.07, 6.45) is -2.19. The van der Waals surface area contributed by atoms with Gasteiger partial charge in [0, 0.05) is 11.5 Å². The Kier molecular flexibility index (Phi) is 4.32. The zero-order chi connectivity index (χ0) is 14.8. The first-order chi connectivity index (χ1) is 9.40. The minimum absolute atomic E-state index is 0.120. The summed E-state index contributed by atoms with van der Waals surface area (Å²) < 4.78 is 40.3. The minimum atomic E-state index is -4.76. The van der Waals surface area contributed by atoms with Crippen LogP contribution in [0.15, 0.2) is 24.3 Å². The minimum Gasteiger partial charge on any atom is -0.406 e. The third kappa shape index (κ3) is 3.50. The smallest absolute Gasteiger partial charge is 0.406 e. The monoisotopic (exact) mass is 287 g/mol. The molecule has 1 fully saturated rings. The molecule has 0 aliphatic heterocycles. The molecular formula is C14H16F3NO2. The van der Waals surface area contributed by atoms with Gasteiger partial charge in [0.05, 0.1) is 0 Å². The summed E-state index contributed by atoms with van der Waals surface area (Å²) in [5, 5.41) is 0. The molecule has 1 aliphatic carbocycles. The Morgan fingerprint density at radius 2 is 2.10 bits per heavy atom. The number of carbonyl (C=O) groups excluding carboxylic acids is 1. The lowest BCUT2D eigenvalue weighted by molar-refractivity contribution is -0.274. The molecule has 2 atom stereocenters. The highest BCUT2D eigenvalue weighted by Crippen LogP contribution is 2.34. The number of alkyl halides is 3. The van der Waals surface area contributed by atoms with Crippen molar-refractivity contribution >= 4 is 5.78 Å². The van der Waals surface area contributed by atoms with E-state index in [1.807, 2.05) is 0 Å². The highest BCUT2D eigenvalue weighted by molar-refractivity contribution is 5.98. The van der Waals surface area contributed by atoms with Crippen LogP contribution in [0.25, 0.3) is 0 Å². The molecule has 0 radical (unpaired) electrons. The van der Waals surface area contributed by atoms with Gasteiger partial charge in [0.2, 0.25) is 0 Å². The standard InChI is InChI=1S/C14H16F3NO2/c15-14(16,17)20-11-5-1-3-9(7-11)13(19)12-6-2-4-10(12)8-18/h1,3,5,7,10,12H,2,4,6,8,18H2. The van der Waals surface area contributed by atoms with Crippen molar-refractivity contribution in [3.63, 3.8) is 0 Å². The van der Waals surface area contributed by atoms with Gasteiger partial charge in [0.25, 0.3) is 0 Å². The summed E-state index contributed by atoms with van der Waals surface area (Å²) in [6.45, 7) is 0.426. The van der Waals surface area contributed by atoms with Crippen molar-refractivity contribution < 1.29 is 22.7 Å². The van der Waals surface area contributed by atoms with Crippen LogP contribution in [0.5, 0.6) is 5.75 Å². The van der Waals surface area contributed by atoms with Crippen LogP contribution in [0, 0.1) is 11.8 Å². The third-order valence-corrected chi connectivity index (χ3v) is 3.65. The fourth-order valence-corrected chi connectivity index (χ4v) is 2.72. The van der Waals surface area contributed by atoms with E-state index in [0.717, 1.165) is 25.3 Å². The van der Waals surface area contributed by atoms with Gasteiger partial charge in [-0.3, -0.25) is 4.79 Å². The van der Waals surface area contributed by atoms with Gasteiger partial charge in [-0.2, -0.15) is 0 Å². The van der Waals surface area contributed by atoms with Gasteiger partial charge in [0.15, 0.2) is 5.78 Å². The Bertz CT molecular complexity index is 488. The predicted molar refractivity (Wildman–Crippen MR) is 67.3 cm³/mol. The Hall–Kier alpha value is -1.56. The Morgan fingerprint density at radius 1 is 1.35 bits per heavy atom. The number of benzene rings is 1. The molecule has 0 saturated heterocycles. The number of nitrogens with two attached hydrogens (primary N) is 1. The summed E-state index contributed by atoms with van der Waals surface area (Å²) in [6, 6.07) is 5.22. The SMILES string of the molecule is NCC1CCCC1C(=O)c1cccc(OC(F)(F)F)c1. The predicted octanol–water partition coefficient (Wildman–Crippen LogP) is 3.14. The van der Waals surface area contributed by atoms with Gasteiger partial charge in [-0.05, 0) is 37.4 Å². The molecule has 1 aromatic carbocycles. The first kappa shape index (κ1) is 14.8. The molecule has 0 aromatic heterocycles. The topological polar surface area (TPSA) is 52.3 Å². The normalized spacial score (nSPS) is 22.8. The van der Waals surface area contributed by atoms with Crippen LogP contribution >= 0.6 is 0 Å². The molecule has 0 bridgehead atoms. The number of rotatable bonds is 4. The first-order valence-electron chi connectivity index (χ1n) is 6.51. The molecule has 1 aliphatic rings. The zero-order valence-corrected chi connectivity index (χ0v) is 10.8. The van der Waals surface area contributed by atoms with Crippen LogP contribution < -0.4 is 10.5 Å². The number of ether oxygens (including phenoxy) is 1. The fourth-order valence-electron chi connectivity index (χ4n) is 2.72. The van der Waals surface area contributed by atoms with Gasteiger partial charge < -0.3 is 10.5 Å². The van der Waals surface area contributed by atoms with Crippen LogP contribution in [0.1, 0.15) is 29.6 Å². The van der Waals surface area contributed by atoms with E-state index in [-0.39, 0.29) is 28.9 Å². The van der Waals surface area contributed by atoms with E-state index in [4.69, 9.17) is 5.73 Å². The van der Waals surface area contributed by atoms with Gasteiger partial charge in [-0.1, -0.05) is 18.6 Å². The largest absolute Gasteiger partial charge is 0.573 e.